The Morgan fingerprint density at radius 1 is 1.30 bits per heavy atom. The Morgan fingerprint density at radius 3 is 2.63 bits per heavy atom. The minimum absolute atomic E-state index is 0.0138. The number of primary amides is 1. The molecule has 3 heterocycles. The van der Waals surface area contributed by atoms with Crippen molar-refractivity contribution in [2.24, 2.45) is 11.7 Å². The number of hydrogen-bond acceptors (Lipinski definition) is 4. The van der Waals surface area contributed by atoms with Crippen molar-refractivity contribution in [2.45, 2.75) is 26.3 Å². The highest BCUT2D eigenvalue weighted by Crippen LogP contribution is 2.31. The normalized spacial score (nSPS) is 15.2. The van der Waals surface area contributed by atoms with Crippen molar-refractivity contribution in [3.63, 3.8) is 0 Å². The lowest BCUT2D eigenvalue weighted by atomic mass is 9.88. The van der Waals surface area contributed by atoms with Crippen LogP contribution in [0.1, 0.15) is 32.6 Å². The zero-order valence-corrected chi connectivity index (χ0v) is 16.7. The fourth-order valence-corrected chi connectivity index (χ4v) is 4.15. The first kappa shape index (κ1) is 19.8. The molecule has 4 rings (SSSR count). The van der Waals surface area contributed by atoms with E-state index in [0.717, 1.165) is 16.7 Å². The molecule has 30 heavy (non-hydrogen) atoms. The fourth-order valence-electron chi connectivity index (χ4n) is 4.15. The second-order valence-corrected chi connectivity index (χ2v) is 7.56. The smallest absolute Gasteiger partial charge is 0.264 e. The van der Waals surface area contributed by atoms with Crippen LogP contribution in [-0.4, -0.2) is 28.4 Å². The molecular weight excluding hydrogens is 387 g/mol. The van der Waals surface area contributed by atoms with E-state index in [1.54, 1.807) is 25.3 Å². The molecule has 0 saturated heterocycles. The number of benzene rings is 1. The van der Waals surface area contributed by atoms with E-state index in [9.17, 15) is 18.8 Å². The first-order valence-electron chi connectivity index (χ1n) is 9.61. The van der Waals surface area contributed by atoms with Gasteiger partial charge in [-0.05, 0) is 54.2 Å². The summed E-state index contributed by atoms with van der Waals surface area (Å²) in [5.41, 5.74) is 9.33. The van der Waals surface area contributed by atoms with Crippen LogP contribution in [0.2, 0.25) is 0 Å². The summed E-state index contributed by atoms with van der Waals surface area (Å²) in [5, 5.41) is 2.49. The summed E-state index contributed by atoms with van der Waals surface area (Å²) in [6.45, 7) is 1.80. The van der Waals surface area contributed by atoms with Gasteiger partial charge in [-0.1, -0.05) is 12.1 Å². The minimum atomic E-state index is -0.576. The van der Waals surface area contributed by atoms with E-state index in [4.69, 9.17) is 5.73 Å². The summed E-state index contributed by atoms with van der Waals surface area (Å²) in [7, 11) is 1.46. The van der Waals surface area contributed by atoms with E-state index in [1.165, 1.54) is 23.7 Å². The van der Waals surface area contributed by atoms with Crippen molar-refractivity contribution in [2.75, 3.05) is 7.05 Å². The van der Waals surface area contributed by atoms with Crippen LogP contribution in [0.4, 0.5) is 4.39 Å². The molecule has 154 valence electrons. The third-order valence-corrected chi connectivity index (χ3v) is 5.72. The van der Waals surface area contributed by atoms with E-state index >= 15 is 0 Å². The molecule has 0 saturated carbocycles. The Hall–Kier alpha value is -3.55. The lowest BCUT2D eigenvalue weighted by Crippen LogP contribution is -2.40. The van der Waals surface area contributed by atoms with Crippen LogP contribution in [0.15, 0.2) is 35.3 Å². The quantitative estimate of drug-likeness (QED) is 0.681. The first-order chi connectivity index (χ1) is 14.3. The number of aryl methyl sites for hydroxylation is 1. The van der Waals surface area contributed by atoms with Crippen molar-refractivity contribution in [3.8, 4) is 0 Å². The summed E-state index contributed by atoms with van der Waals surface area (Å²) in [5.74, 6) is -1.90. The van der Waals surface area contributed by atoms with Crippen LogP contribution < -0.4 is 16.6 Å². The van der Waals surface area contributed by atoms with Gasteiger partial charge in [0.2, 0.25) is 5.91 Å². The monoisotopic (exact) mass is 408 g/mol. The number of carbonyl (C=O) groups excluding carboxylic acids is 2. The molecule has 0 aliphatic carbocycles. The Bertz CT molecular complexity index is 1250. The van der Waals surface area contributed by atoms with Crippen molar-refractivity contribution in [1.29, 1.82) is 0 Å². The van der Waals surface area contributed by atoms with Crippen molar-refractivity contribution < 1.29 is 14.0 Å². The third kappa shape index (κ3) is 3.14. The largest absolute Gasteiger partial charge is 0.369 e. The highest BCUT2D eigenvalue weighted by molar-refractivity contribution is 6.00. The Kier molecular flexibility index (Phi) is 4.85. The summed E-state index contributed by atoms with van der Waals surface area (Å²) < 4.78 is 14.7. The Labute approximate surface area is 171 Å². The van der Waals surface area contributed by atoms with Gasteiger partial charge in [-0.25, -0.2) is 4.39 Å². The molecule has 0 radical (unpaired) electrons. The van der Waals surface area contributed by atoms with Gasteiger partial charge >= 0.3 is 0 Å². The van der Waals surface area contributed by atoms with Gasteiger partial charge in [0, 0.05) is 19.8 Å². The molecule has 1 aliphatic heterocycles. The predicted octanol–water partition coefficient (Wildman–Crippen LogP) is 1.45. The highest BCUT2D eigenvalue weighted by atomic mass is 19.1. The van der Waals surface area contributed by atoms with E-state index in [0.29, 0.717) is 29.4 Å². The Morgan fingerprint density at radius 2 is 2.00 bits per heavy atom. The molecular formula is C22H21FN4O3. The van der Waals surface area contributed by atoms with Crippen LogP contribution in [0.3, 0.4) is 0 Å². The maximum absolute atomic E-state index is 13.3. The molecule has 0 bridgehead atoms. The fraction of sp³-hybridized carbons (Fsp3) is 0.273. The lowest BCUT2D eigenvalue weighted by Gasteiger charge is -2.27. The van der Waals surface area contributed by atoms with Crippen molar-refractivity contribution in [1.82, 2.24) is 14.9 Å². The van der Waals surface area contributed by atoms with Crippen LogP contribution in [0.25, 0.3) is 11.0 Å². The van der Waals surface area contributed by atoms with E-state index < -0.39 is 23.3 Å². The average Bonchev–Trinajstić information content (AvgIpc) is 2.73. The molecule has 0 fully saturated rings. The predicted molar refractivity (Wildman–Crippen MR) is 110 cm³/mol. The van der Waals surface area contributed by atoms with Gasteiger partial charge in [-0.15, -0.1) is 0 Å². The highest BCUT2D eigenvalue weighted by Gasteiger charge is 2.31. The number of nitrogens with two attached hydrogens (primary N) is 1. The van der Waals surface area contributed by atoms with E-state index in [2.05, 4.69) is 10.3 Å². The summed E-state index contributed by atoms with van der Waals surface area (Å²) in [6, 6.07) is 6.15. The van der Waals surface area contributed by atoms with Crippen LogP contribution in [0, 0.1) is 18.7 Å². The number of nitrogens with zero attached hydrogens (tertiary/aromatic N) is 2. The summed E-state index contributed by atoms with van der Waals surface area (Å²) in [6.07, 6.45) is 2.54. The molecule has 1 unspecified atom stereocenters. The second-order valence-electron chi connectivity index (χ2n) is 7.56. The maximum Gasteiger partial charge on any atom is 0.264 e. The number of pyridine rings is 2. The number of amides is 2. The molecule has 1 aromatic carbocycles. The molecule has 1 atom stereocenters. The van der Waals surface area contributed by atoms with E-state index in [-0.39, 0.29) is 17.9 Å². The van der Waals surface area contributed by atoms with Gasteiger partial charge < -0.3 is 15.6 Å². The number of hydrogen-bond donors (Lipinski definition) is 2. The molecule has 1 aliphatic rings. The molecule has 3 N–H and O–H groups in total. The zero-order valence-electron chi connectivity index (χ0n) is 16.7. The van der Waals surface area contributed by atoms with Crippen LogP contribution in [-0.2, 0) is 24.2 Å². The molecule has 7 nitrogen and oxygen atoms in total. The number of carbonyl (C=O) groups is 2. The summed E-state index contributed by atoms with van der Waals surface area (Å²) >= 11 is 0. The van der Waals surface area contributed by atoms with Gasteiger partial charge in [-0.2, -0.15) is 0 Å². The number of nitrogens with one attached hydrogen (secondary N) is 1. The zero-order chi connectivity index (χ0) is 21.6. The molecule has 0 spiro atoms. The topological polar surface area (TPSA) is 107 Å². The number of halogens is 1. The minimum Gasteiger partial charge on any atom is -0.369 e. The van der Waals surface area contributed by atoms with Gasteiger partial charge in [0.1, 0.15) is 11.4 Å². The second kappa shape index (κ2) is 7.37. The lowest BCUT2D eigenvalue weighted by molar-refractivity contribution is -0.122. The maximum atomic E-state index is 13.3. The van der Waals surface area contributed by atoms with Crippen molar-refractivity contribution in [3.05, 3.63) is 74.5 Å². The standard InChI is InChI=1S/C22H21FN4O3/c1-11-17(21(29)25-2)22(30)27-10-14(20(24)28)8-16-13(9-26-18(11)19(16)27)7-12-3-5-15(23)6-4-12/h3-6,9,14H,7-8,10H2,1-2H3,(H2,24,28)(H,25,29). The number of rotatable bonds is 4. The molecule has 8 heteroatoms. The third-order valence-electron chi connectivity index (χ3n) is 5.72. The van der Waals surface area contributed by atoms with Gasteiger partial charge in [0.15, 0.2) is 0 Å². The molecule has 2 amide bonds. The molecule has 2 aromatic heterocycles. The van der Waals surface area contributed by atoms with Gasteiger partial charge in [-0.3, -0.25) is 19.4 Å². The van der Waals surface area contributed by atoms with Gasteiger partial charge in [0.05, 0.1) is 17.0 Å². The Balaban J connectivity index is 1.98. The van der Waals surface area contributed by atoms with Crippen molar-refractivity contribution >= 4 is 22.8 Å². The first-order valence-corrected chi connectivity index (χ1v) is 9.61. The molecule has 3 aromatic rings. The van der Waals surface area contributed by atoms with E-state index in [1.807, 2.05) is 0 Å². The van der Waals surface area contributed by atoms with Gasteiger partial charge in [0.25, 0.3) is 11.5 Å². The summed E-state index contributed by atoms with van der Waals surface area (Å²) in [4.78, 5) is 42.1. The van der Waals surface area contributed by atoms with Crippen LogP contribution in [0.5, 0.6) is 0 Å². The SMILES string of the molecule is CNC(=O)c1c(C)c2ncc(Cc3ccc(F)cc3)c3c2n(c1=O)CC(C(N)=O)C3. The average molecular weight is 408 g/mol. The van der Waals surface area contributed by atoms with Crippen LogP contribution >= 0.6 is 0 Å². The number of aromatic nitrogens is 2.